The molecule has 16 heteroatoms. The number of imide groups is 2. The van der Waals surface area contributed by atoms with Crippen LogP contribution in [0.15, 0.2) is 84.4 Å². The quantitative estimate of drug-likeness (QED) is 0.0420. The van der Waals surface area contributed by atoms with Gasteiger partial charge in [-0.3, -0.25) is 28.9 Å². The molecule has 4 aromatic carbocycles. The summed E-state index contributed by atoms with van der Waals surface area (Å²) in [6.07, 6.45) is 0.684. The van der Waals surface area contributed by atoms with Gasteiger partial charge in [0.2, 0.25) is 17.6 Å². The highest BCUT2D eigenvalue weighted by Crippen LogP contribution is 2.67. The molecule has 0 spiro atoms. The lowest BCUT2D eigenvalue weighted by atomic mass is 9.56. The van der Waals surface area contributed by atoms with Gasteiger partial charge in [-0.2, -0.15) is 0 Å². The molecule has 2 saturated heterocycles. The predicted octanol–water partition coefficient (Wildman–Crippen LogP) is 7.10. The second-order valence-electron chi connectivity index (χ2n) is 13.9. The first kappa shape index (κ1) is 37.3. The number of aromatic hydroxyl groups is 1. The van der Waals surface area contributed by atoms with Crippen molar-refractivity contribution >= 4 is 64.0 Å². The first-order valence-corrected chi connectivity index (χ1v) is 17.8. The first-order chi connectivity index (χ1) is 26.6. The van der Waals surface area contributed by atoms with E-state index in [2.05, 4.69) is 0 Å². The molecule has 0 aromatic heterocycles. The molecule has 2 aliphatic carbocycles. The average molecular weight is 812 g/mol. The summed E-state index contributed by atoms with van der Waals surface area (Å²) in [4.78, 5) is 65.4. The molecule has 0 unspecified atom stereocenters. The summed E-state index contributed by atoms with van der Waals surface area (Å²) in [5.41, 5.74) is -1.10. The minimum Gasteiger partial charge on any atom is -0.508 e. The second-order valence-corrected chi connectivity index (χ2v) is 15.1. The van der Waals surface area contributed by atoms with Crippen molar-refractivity contribution in [2.45, 2.75) is 28.5 Å². The minimum atomic E-state index is -2.81. The van der Waals surface area contributed by atoms with Gasteiger partial charge in [0.05, 0.1) is 24.6 Å². The molecule has 1 N–H and O–H groups in total. The van der Waals surface area contributed by atoms with E-state index < -0.39 is 104 Å². The van der Waals surface area contributed by atoms with Crippen LogP contribution >= 0.6 is 23.2 Å². The molecule has 4 aromatic rings. The van der Waals surface area contributed by atoms with Crippen molar-refractivity contribution in [1.29, 1.82) is 0 Å². The zero-order valence-corrected chi connectivity index (χ0v) is 30.2. The molecule has 4 amide bonds. The number of anilines is 2. The van der Waals surface area contributed by atoms with E-state index >= 15 is 8.78 Å². The van der Waals surface area contributed by atoms with Crippen molar-refractivity contribution in [2.24, 2.45) is 17.8 Å². The van der Waals surface area contributed by atoms with Crippen molar-refractivity contribution in [3.63, 3.8) is 0 Å². The minimum absolute atomic E-state index is 0.110. The van der Waals surface area contributed by atoms with Gasteiger partial charge in [0.25, 0.3) is 11.8 Å². The first-order valence-electron chi connectivity index (χ1n) is 17.0. The van der Waals surface area contributed by atoms with E-state index in [0.717, 1.165) is 11.0 Å². The van der Waals surface area contributed by atoms with Crippen molar-refractivity contribution < 1.29 is 55.8 Å². The van der Waals surface area contributed by atoms with Gasteiger partial charge < -0.3 is 9.84 Å². The van der Waals surface area contributed by atoms with Crippen molar-refractivity contribution in [2.75, 3.05) is 16.9 Å². The molecule has 9 nitrogen and oxygen atoms in total. The lowest BCUT2D eigenvalue weighted by Gasteiger charge is -2.50. The zero-order valence-electron chi connectivity index (χ0n) is 28.7. The Labute approximate surface area is 323 Å². The molecule has 6 atom stereocenters. The number of methoxy groups -OCH3 is 1. The normalized spacial score (nSPS) is 26.9. The Hall–Kier alpha value is -5.60. The highest BCUT2D eigenvalue weighted by molar-refractivity contribution is 6.58. The van der Waals surface area contributed by atoms with Crippen molar-refractivity contribution in [3.05, 3.63) is 130 Å². The van der Waals surface area contributed by atoms with E-state index in [-0.39, 0.29) is 45.2 Å². The smallest absolute Gasteiger partial charge is 0.258 e. The lowest BCUT2D eigenvalue weighted by Crippen LogP contribution is -2.60. The number of hydrogen-bond donors (Lipinski definition) is 1. The Kier molecular flexibility index (Phi) is 8.66. The highest BCUT2D eigenvalue weighted by Gasteiger charge is 2.77. The van der Waals surface area contributed by atoms with Crippen LogP contribution in [0.5, 0.6) is 11.5 Å². The van der Waals surface area contributed by atoms with Gasteiger partial charge in [0.1, 0.15) is 17.2 Å². The maximum absolute atomic E-state index is 15.3. The van der Waals surface area contributed by atoms with E-state index in [0.29, 0.717) is 5.56 Å². The molecule has 0 bridgehead atoms. The van der Waals surface area contributed by atoms with Gasteiger partial charge in [0, 0.05) is 28.7 Å². The summed E-state index contributed by atoms with van der Waals surface area (Å²) in [5, 5.41) is 11.3. The van der Waals surface area contributed by atoms with Crippen LogP contribution in [-0.2, 0) is 19.2 Å². The van der Waals surface area contributed by atoms with Crippen LogP contribution in [0.3, 0.4) is 0 Å². The topological polar surface area (TPSA) is 121 Å². The van der Waals surface area contributed by atoms with Crippen molar-refractivity contribution in [3.8, 4) is 11.5 Å². The van der Waals surface area contributed by atoms with Crippen LogP contribution in [0.2, 0.25) is 0 Å². The fourth-order valence-corrected chi connectivity index (χ4v) is 9.51. The van der Waals surface area contributed by atoms with Crippen LogP contribution in [0.4, 0.5) is 33.3 Å². The van der Waals surface area contributed by atoms with Crippen LogP contribution in [-0.4, -0.2) is 51.4 Å². The summed E-state index contributed by atoms with van der Waals surface area (Å²) in [5.74, 6) is -23.0. The van der Waals surface area contributed by atoms with Gasteiger partial charge in [0.15, 0.2) is 38.8 Å². The maximum Gasteiger partial charge on any atom is 0.258 e. The number of phenolic OH excluding ortho intramolecular Hbond substituents is 1. The van der Waals surface area contributed by atoms with Crippen LogP contribution < -0.4 is 14.5 Å². The maximum atomic E-state index is 15.3. The molecular formula is C40H25Cl2F5N2O7. The molecule has 8 rings (SSSR count). The molecule has 0 radical (unpaired) electrons. The van der Waals surface area contributed by atoms with Gasteiger partial charge in [-0.25, -0.2) is 26.9 Å². The van der Waals surface area contributed by atoms with E-state index in [4.69, 9.17) is 27.9 Å². The molecule has 4 aliphatic rings. The van der Waals surface area contributed by atoms with Gasteiger partial charge in [-0.05, 0) is 49.1 Å². The monoisotopic (exact) mass is 810 g/mol. The van der Waals surface area contributed by atoms with Gasteiger partial charge in [-0.1, -0.05) is 48.0 Å². The number of amides is 4. The van der Waals surface area contributed by atoms with Gasteiger partial charge in [-0.15, -0.1) is 23.2 Å². The van der Waals surface area contributed by atoms with Crippen LogP contribution in [0, 0.1) is 46.8 Å². The number of hydrogen-bond acceptors (Lipinski definition) is 7. The number of alkyl halides is 2. The number of phenols is 1. The summed E-state index contributed by atoms with van der Waals surface area (Å²) in [6.45, 7) is 0. The van der Waals surface area contributed by atoms with Crippen LogP contribution in [0.1, 0.15) is 40.2 Å². The number of carbonyl (C=O) groups excluding carboxylic acids is 5. The van der Waals surface area contributed by atoms with Crippen molar-refractivity contribution in [1.82, 2.24) is 0 Å². The third kappa shape index (κ3) is 4.94. The fourth-order valence-electron chi connectivity index (χ4n) is 8.58. The molecular weight excluding hydrogens is 786 g/mol. The number of ketones is 1. The lowest BCUT2D eigenvalue weighted by molar-refractivity contribution is -0.125. The standard InChI is InChI=1S/C40H25Cl2F5N2O7/c1-56-20-11-12-22(25(50)15-20)27-21-13-14-23-26(36(53)48(35(23)52)19-9-7-18(8-10-19)34(51)17-5-3-2-4-6-17)24(21)16-39(41)37(54)49(38(55)40(27,39)42)33-31(46)29(44)28(43)30(45)32(33)47/h2-13,15,23-24,26-27,50H,14,16H2,1H3/t23-,24+,26-,27+,39+,40-/m0/s1. The van der Waals surface area contributed by atoms with E-state index in [1.165, 1.54) is 49.6 Å². The van der Waals surface area contributed by atoms with E-state index in [1.54, 1.807) is 30.3 Å². The second kappa shape index (κ2) is 13.0. The Balaban J connectivity index is 1.24. The predicted molar refractivity (Wildman–Crippen MR) is 190 cm³/mol. The van der Waals surface area contributed by atoms with E-state index in [9.17, 15) is 42.3 Å². The molecule has 2 aliphatic heterocycles. The number of benzene rings is 4. The summed E-state index contributed by atoms with van der Waals surface area (Å²) in [6, 6.07) is 17.9. The largest absolute Gasteiger partial charge is 0.508 e. The Morgan fingerprint density at radius 2 is 1.38 bits per heavy atom. The number of ether oxygens (including phenoxy) is 1. The summed E-state index contributed by atoms with van der Waals surface area (Å²) < 4.78 is 78.9. The highest BCUT2D eigenvalue weighted by atomic mass is 35.5. The zero-order chi connectivity index (χ0) is 40.2. The number of allylic oxidation sites excluding steroid dienone is 2. The molecule has 286 valence electrons. The number of fused-ring (bicyclic) bond motifs is 4. The number of halogens is 7. The number of nitrogens with zero attached hydrogens (tertiary/aromatic N) is 2. The summed E-state index contributed by atoms with van der Waals surface area (Å²) >= 11 is 14.3. The van der Waals surface area contributed by atoms with E-state index in [1.807, 2.05) is 0 Å². The third-order valence-electron chi connectivity index (χ3n) is 11.2. The number of rotatable bonds is 6. The molecule has 1 saturated carbocycles. The Morgan fingerprint density at radius 3 is 1.98 bits per heavy atom. The molecule has 2 heterocycles. The Morgan fingerprint density at radius 1 is 0.768 bits per heavy atom. The van der Waals surface area contributed by atoms with Crippen LogP contribution in [0.25, 0.3) is 0 Å². The van der Waals surface area contributed by atoms with Gasteiger partial charge >= 0.3 is 0 Å². The number of carbonyl (C=O) groups is 5. The SMILES string of the molecule is COc1ccc([C@H]2C3=CC[C@@H]4C(=O)N(c5ccc(C(=O)c6ccccc6)cc5)C(=O)[C@@H]4[C@@H]3C[C@@]3(Cl)C(=O)N(c4c(F)c(F)c(F)c(F)c4F)C(=O)[C@@]23Cl)c(O)c1. The Bertz CT molecular complexity index is 2440. The average Bonchev–Trinajstić information content (AvgIpc) is 3.54. The molecule has 3 fully saturated rings. The molecule has 56 heavy (non-hydrogen) atoms. The fraction of sp³-hybridized carbons (Fsp3) is 0.225. The summed E-state index contributed by atoms with van der Waals surface area (Å²) in [7, 11) is 1.30. The third-order valence-corrected chi connectivity index (χ3v) is 12.6.